The number of furan rings is 3. The molecule has 12 heteroatoms. The maximum atomic E-state index is 7.22. The van der Waals surface area contributed by atoms with Crippen LogP contribution in [0.3, 0.4) is 0 Å². The Bertz CT molecular complexity index is 8920. The molecule has 11 nitrogen and oxygen atoms in total. The van der Waals surface area contributed by atoms with Crippen LogP contribution in [0.2, 0.25) is 0 Å². The molecule has 8 heterocycles. The van der Waals surface area contributed by atoms with E-state index in [0.717, 1.165) is 209 Å². The first-order chi connectivity index (χ1) is 60.4. The molecule has 0 saturated carbocycles. The van der Waals surface area contributed by atoms with Crippen molar-refractivity contribution in [2.45, 2.75) is 0 Å². The molecule has 8 aromatic heterocycles. The van der Waals surface area contributed by atoms with Crippen molar-refractivity contribution in [3.8, 4) is 113 Å². The van der Waals surface area contributed by atoms with Crippen molar-refractivity contribution in [3.63, 3.8) is 0 Å². The molecular weight excluding hydrogens is 1510 g/mol. The SMILES string of the molecule is c1ccc(-c2ccc(-c3nc(-c4ccc5c(c4)oc4ccccc45)nc(-c4cc5c(cc4-n4c6ccccc6c6cc7ccccc7cc64)oc4cc(-c6cccc(-c7ccc(-c8nc(-c9ccc%10sc%11ccccc%11c%10c9)nc(-c9cc%10c(cc9-n9c%11ccccc%11c%11cc%12ccccc%12cc%119)oc9ccccc9%10)n8)cc7)c6)ccc45)n3)cc2)cc1. The van der Waals surface area contributed by atoms with Gasteiger partial charge >= 0.3 is 0 Å². The number of fused-ring (bicyclic) bond motifs is 20. The first-order valence-electron chi connectivity index (χ1n) is 40.9. The Balaban J connectivity index is 0.612. The molecule has 0 atom stereocenters. The summed E-state index contributed by atoms with van der Waals surface area (Å²) in [4.78, 5) is 33.1. The maximum Gasteiger partial charge on any atom is 0.166 e. The molecule has 0 saturated heterocycles. The molecule has 26 aromatic rings. The predicted octanol–water partition coefficient (Wildman–Crippen LogP) is 29.6. The van der Waals surface area contributed by atoms with Crippen molar-refractivity contribution in [1.29, 1.82) is 0 Å². The van der Waals surface area contributed by atoms with E-state index in [4.69, 9.17) is 43.2 Å². The molecule has 0 amide bonds. The van der Waals surface area contributed by atoms with Gasteiger partial charge in [-0.1, -0.05) is 249 Å². The number of aromatic nitrogens is 8. The van der Waals surface area contributed by atoms with Crippen LogP contribution in [0.1, 0.15) is 0 Å². The lowest BCUT2D eigenvalue weighted by Gasteiger charge is -2.15. The summed E-state index contributed by atoms with van der Waals surface area (Å²) in [6, 6.07) is 133. The van der Waals surface area contributed by atoms with Gasteiger partial charge in [-0.15, -0.1) is 11.3 Å². The van der Waals surface area contributed by atoms with Crippen molar-refractivity contribution >= 4 is 162 Å². The highest BCUT2D eigenvalue weighted by atomic mass is 32.1. The average molecular weight is 1580 g/mol. The van der Waals surface area contributed by atoms with E-state index in [-0.39, 0.29) is 0 Å². The molecule has 0 radical (unpaired) electrons. The van der Waals surface area contributed by atoms with Gasteiger partial charge in [-0.3, -0.25) is 0 Å². The third-order valence-corrected chi connectivity index (χ3v) is 25.7. The molecule has 566 valence electrons. The van der Waals surface area contributed by atoms with Crippen LogP contribution in [0.4, 0.5) is 0 Å². The smallest absolute Gasteiger partial charge is 0.166 e. The second-order valence-electron chi connectivity index (χ2n) is 31.6. The Labute approximate surface area is 699 Å². The fraction of sp³-hybridized carbons (Fsp3) is 0. The first-order valence-corrected chi connectivity index (χ1v) is 41.7. The summed E-state index contributed by atoms with van der Waals surface area (Å²) in [5.41, 5.74) is 21.9. The Morgan fingerprint density at radius 1 is 0.180 bits per heavy atom. The van der Waals surface area contributed by atoms with Gasteiger partial charge in [0.15, 0.2) is 34.9 Å². The van der Waals surface area contributed by atoms with Crippen LogP contribution in [-0.4, -0.2) is 39.0 Å². The Morgan fingerprint density at radius 2 is 0.533 bits per heavy atom. The second kappa shape index (κ2) is 26.6. The molecular formula is C110H62N8O3S. The Morgan fingerprint density at radius 3 is 1.11 bits per heavy atom. The Hall–Kier alpha value is -16.3. The lowest BCUT2D eigenvalue weighted by molar-refractivity contribution is 0.668. The Kier molecular flexibility index (Phi) is 14.8. The average Bonchev–Trinajstić information content (AvgIpc) is 1.56. The number of hydrogen-bond donors (Lipinski definition) is 0. The normalized spacial score (nSPS) is 12.1. The lowest BCUT2D eigenvalue weighted by atomic mass is 9.97. The van der Waals surface area contributed by atoms with Crippen LogP contribution < -0.4 is 0 Å². The molecule has 0 fully saturated rings. The van der Waals surface area contributed by atoms with Gasteiger partial charge in [-0.2, -0.15) is 0 Å². The van der Waals surface area contributed by atoms with Crippen LogP contribution in [0.15, 0.2) is 389 Å². The van der Waals surface area contributed by atoms with Gasteiger partial charge in [0.05, 0.1) is 33.4 Å². The van der Waals surface area contributed by atoms with Crippen molar-refractivity contribution in [2.24, 2.45) is 0 Å². The van der Waals surface area contributed by atoms with Crippen molar-refractivity contribution < 1.29 is 13.3 Å². The third-order valence-electron chi connectivity index (χ3n) is 24.6. The van der Waals surface area contributed by atoms with Crippen molar-refractivity contribution in [1.82, 2.24) is 39.0 Å². The van der Waals surface area contributed by atoms with Crippen LogP contribution in [0.25, 0.3) is 264 Å². The van der Waals surface area contributed by atoms with Gasteiger partial charge in [0.2, 0.25) is 0 Å². The zero-order valence-corrected chi connectivity index (χ0v) is 65.8. The number of benzene rings is 18. The minimum Gasteiger partial charge on any atom is -0.456 e. The van der Waals surface area contributed by atoms with Gasteiger partial charge in [0, 0.05) is 120 Å². The largest absolute Gasteiger partial charge is 0.456 e. The molecule has 0 aliphatic rings. The van der Waals surface area contributed by atoms with Crippen LogP contribution in [0.5, 0.6) is 0 Å². The van der Waals surface area contributed by atoms with Gasteiger partial charge in [-0.05, 0) is 170 Å². The van der Waals surface area contributed by atoms with Gasteiger partial charge in [0.1, 0.15) is 33.5 Å². The molecule has 0 unspecified atom stereocenters. The summed E-state index contributed by atoms with van der Waals surface area (Å²) in [6.45, 7) is 0. The molecule has 0 bridgehead atoms. The summed E-state index contributed by atoms with van der Waals surface area (Å²) in [7, 11) is 0. The van der Waals surface area contributed by atoms with Gasteiger partial charge in [-0.25, -0.2) is 29.9 Å². The van der Waals surface area contributed by atoms with Gasteiger partial charge in [0.25, 0.3) is 0 Å². The van der Waals surface area contributed by atoms with E-state index in [1.807, 2.05) is 36.4 Å². The van der Waals surface area contributed by atoms with E-state index in [2.05, 4.69) is 349 Å². The predicted molar refractivity (Wildman–Crippen MR) is 501 cm³/mol. The number of para-hydroxylation sites is 4. The zero-order chi connectivity index (χ0) is 79.8. The lowest BCUT2D eigenvalue weighted by Crippen LogP contribution is -2.04. The highest BCUT2D eigenvalue weighted by Crippen LogP contribution is 2.47. The van der Waals surface area contributed by atoms with Crippen LogP contribution in [-0.2, 0) is 0 Å². The summed E-state index contributed by atoms with van der Waals surface area (Å²) in [6.07, 6.45) is 0. The molecule has 26 rings (SSSR count). The number of nitrogens with zero attached hydrogens (tertiary/aromatic N) is 8. The van der Waals surface area contributed by atoms with E-state index >= 15 is 0 Å². The highest BCUT2D eigenvalue weighted by molar-refractivity contribution is 7.25. The van der Waals surface area contributed by atoms with Crippen molar-refractivity contribution in [3.05, 3.63) is 376 Å². The molecule has 0 aliphatic heterocycles. The number of hydrogen-bond acceptors (Lipinski definition) is 10. The quantitative estimate of drug-likeness (QED) is 0.124. The number of rotatable bonds is 11. The fourth-order valence-electron chi connectivity index (χ4n) is 18.7. The summed E-state index contributed by atoms with van der Waals surface area (Å²) >= 11 is 1.79. The monoisotopic (exact) mass is 1570 g/mol. The van der Waals surface area contributed by atoms with E-state index in [9.17, 15) is 0 Å². The molecule has 0 aliphatic carbocycles. The molecule has 122 heavy (non-hydrogen) atoms. The minimum absolute atomic E-state index is 0.501. The standard InChI is InChI=1S/C110H62N8O3S/c1-2-19-63(20-3-1)64-37-41-66(42-38-64)106-112-108(76-46-49-81-79-29-10-15-34-97(79)119-100(81)58-76)116-110(114-106)90-60-87-82-48-45-74(57-99(82)121-102(87)62-96(90)118-92-33-14-9-28-78(92)85-53-71-22-5-7-24-73(71)56-94(85)118)69-26-18-25-68(51-69)65-39-43-67(44-40-65)105-111-107(75-47-50-104-88(54-75)83-31-12-17-36-103(83)122-104)115-109(113-105)89-59-86-80-30-11-16-35-98(80)120-101(86)61-95(89)117-91-32-13-8-27-77(91)84-52-70-21-4-6-23-72(70)55-93(84)117/h1-62H. The minimum atomic E-state index is 0.501. The fourth-order valence-corrected chi connectivity index (χ4v) is 19.8. The highest BCUT2D eigenvalue weighted by Gasteiger charge is 2.27. The topological polar surface area (TPSA) is 127 Å². The summed E-state index contributed by atoms with van der Waals surface area (Å²) < 4.78 is 27.7. The van der Waals surface area contributed by atoms with E-state index in [1.165, 1.54) is 20.2 Å². The van der Waals surface area contributed by atoms with Crippen molar-refractivity contribution in [2.75, 3.05) is 0 Å². The second-order valence-corrected chi connectivity index (χ2v) is 32.7. The van der Waals surface area contributed by atoms with E-state index < -0.39 is 0 Å². The van der Waals surface area contributed by atoms with Gasteiger partial charge < -0.3 is 22.4 Å². The molecule has 0 spiro atoms. The zero-order valence-electron chi connectivity index (χ0n) is 65.0. The maximum absolute atomic E-state index is 7.22. The summed E-state index contributed by atoms with van der Waals surface area (Å²) in [5, 5.41) is 17.4. The third kappa shape index (κ3) is 10.8. The number of thiophene rings is 1. The van der Waals surface area contributed by atoms with E-state index in [1.54, 1.807) is 11.3 Å². The molecule has 0 N–H and O–H groups in total. The first kappa shape index (κ1) is 67.8. The van der Waals surface area contributed by atoms with Crippen LogP contribution >= 0.6 is 11.3 Å². The van der Waals surface area contributed by atoms with Crippen LogP contribution in [0, 0.1) is 0 Å². The summed E-state index contributed by atoms with van der Waals surface area (Å²) in [5.74, 6) is 3.19. The molecule has 18 aromatic carbocycles. The van der Waals surface area contributed by atoms with E-state index in [0.29, 0.717) is 34.9 Å².